The van der Waals surface area contributed by atoms with Crippen molar-refractivity contribution in [3.8, 4) is 0 Å². The van der Waals surface area contributed by atoms with Crippen LogP contribution < -0.4 is 10.2 Å². The van der Waals surface area contributed by atoms with Crippen LogP contribution in [-0.4, -0.2) is 54.4 Å². The van der Waals surface area contributed by atoms with Gasteiger partial charge in [0.25, 0.3) is 0 Å². The van der Waals surface area contributed by atoms with E-state index < -0.39 is 0 Å². The number of carbonyl (C=O) groups is 2. The Bertz CT molecular complexity index is 659. The monoisotopic (exact) mass is 406 g/mol. The van der Waals surface area contributed by atoms with Crippen molar-refractivity contribution in [1.82, 2.24) is 15.2 Å². The number of anilines is 1. The lowest BCUT2D eigenvalue weighted by Crippen LogP contribution is -2.49. The quantitative estimate of drug-likeness (QED) is 0.737. The van der Waals surface area contributed by atoms with Crippen molar-refractivity contribution in [2.75, 3.05) is 37.6 Å². The number of nitrogens with zero attached hydrogens (tertiary/aromatic N) is 3. The van der Waals surface area contributed by atoms with Gasteiger partial charge in [0.1, 0.15) is 5.82 Å². The Morgan fingerprint density at radius 3 is 2.64 bits per heavy atom. The summed E-state index contributed by atoms with van der Waals surface area (Å²) in [5.74, 6) is 1.22. The van der Waals surface area contributed by atoms with Crippen LogP contribution in [0.5, 0.6) is 0 Å². The summed E-state index contributed by atoms with van der Waals surface area (Å²) in [7, 11) is 0. The minimum absolute atomic E-state index is 0.0467. The number of rotatable bonds is 6. The molecule has 2 amide bonds. The molecule has 0 saturated carbocycles. The molecule has 0 aromatic carbocycles. The van der Waals surface area contributed by atoms with Crippen molar-refractivity contribution in [2.24, 2.45) is 11.8 Å². The number of aromatic nitrogens is 1. The van der Waals surface area contributed by atoms with Crippen LogP contribution >= 0.6 is 11.6 Å². The van der Waals surface area contributed by atoms with E-state index in [1.165, 1.54) is 0 Å². The number of halogens is 1. The van der Waals surface area contributed by atoms with E-state index in [0.717, 1.165) is 70.5 Å². The van der Waals surface area contributed by atoms with Crippen LogP contribution in [0, 0.1) is 11.8 Å². The fraction of sp³-hybridized carbons (Fsp3) is 0.667. The van der Waals surface area contributed by atoms with Crippen molar-refractivity contribution < 1.29 is 9.59 Å². The molecule has 1 unspecified atom stereocenters. The summed E-state index contributed by atoms with van der Waals surface area (Å²) in [4.78, 5) is 33.9. The normalized spacial score (nSPS) is 20.9. The van der Waals surface area contributed by atoms with Crippen LogP contribution in [0.25, 0.3) is 0 Å². The Hall–Kier alpha value is -1.82. The lowest BCUT2D eigenvalue weighted by Gasteiger charge is -2.37. The molecular weight excluding hydrogens is 376 g/mol. The molecule has 1 aromatic rings. The van der Waals surface area contributed by atoms with Gasteiger partial charge in [-0.15, -0.1) is 0 Å². The van der Waals surface area contributed by atoms with Gasteiger partial charge in [0.05, 0.1) is 10.9 Å². The van der Waals surface area contributed by atoms with E-state index in [1.54, 1.807) is 6.20 Å². The molecule has 0 radical (unpaired) electrons. The van der Waals surface area contributed by atoms with E-state index >= 15 is 0 Å². The summed E-state index contributed by atoms with van der Waals surface area (Å²) in [6.07, 6.45) is 7.17. The summed E-state index contributed by atoms with van der Waals surface area (Å²) >= 11 is 5.91. The minimum Gasteiger partial charge on any atom is -0.357 e. The van der Waals surface area contributed by atoms with E-state index in [4.69, 9.17) is 11.6 Å². The van der Waals surface area contributed by atoms with Gasteiger partial charge < -0.3 is 15.1 Å². The lowest BCUT2D eigenvalue weighted by molar-refractivity contribution is -0.139. The number of unbranched alkanes of at least 4 members (excludes halogenated alkanes) is 1. The van der Waals surface area contributed by atoms with Crippen LogP contribution in [0.3, 0.4) is 0 Å². The molecule has 1 atom stereocenters. The first-order chi connectivity index (χ1) is 13.6. The molecule has 2 fully saturated rings. The summed E-state index contributed by atoms with van der Waals surface area (Å²) in [5, 5.41) is 3.65. The van der Waals surface area contributed by atoms with E-state index in [9.17, 15) is 9.59 Å². The second-order valence-electron chi connectivity index (χ2n) is 7.86. The second-order valence-corrected chi connectivity index (χ2v) is 8.30. The molecule has 0 spiro atoms. The number of pyridine rings is 1. The Balaban J connectivity index is 1.49. The molecule has 3 rings (SSSR count). The van der Waals surface area contributed by atoms with E-state index in [0.29, 0.717) is 11.6 Å². The second kappa shape index (κ2) is 10.1. The van der Waals surface area contributed by atoms with Gasteiger partial charge in [0.15, 0.2) is 0 Å². The first kappa shape index (κ1) is 20.9. The van der Waals surface area contributed by atoms with E-state index in [1.807, 2.05) is 17.0 Å². The van der Waals surface area contributed by atoms with Gasteiger partial charge in [0, 0.05) is 44.8 Å². The summed E-state index contributed by atoms with van der Waals surface area (Å²) in [6, 6.07) is 3.78. The Morgan fingerprint density at radius 2 is 1.96 bits per heavy atom. The number of piperidine rings is 2. The maximum atomic E-state index is 13.0. The third kappa shape index (κ3) is 5.37. The first-order valence-electron chi connectivity index (χ1n) is 10.5. The molecular formula is C21H31ClN4O2. The highest BCUT2D eigenvalue weighted by molar-refractivity contribution is 6.30. The summed E-state index contributed by atoms with van der Waals surface area (Å²) < 4.78 is 0. The maximum absolute atomic E-state index is 13.0. The topological polar surface area (TPSA) is 65.5 Å². The van der Waals surface area contributed by atoms with Gasteiger partial charge in [-0.05, 0) is 44.2 Å². The van der Waals surface area contributed by atoms with Crippen molar-refractivity contribution in [3.63, 3.8) is 0 Å². The van der Waals surface area contributed by atoms with Gasteiger partial charge in [-0.25, -0.2) is 4.98 Å². The smallest absolute Gasteiger partial charge is 0.225 e. The zero-order valence-electron chi connectivity index (χ0n) is 16.7. The van der Waals surface area contributed by atoms with E-state index in [2.05, 4.69) is 22.1 Å². The third-order valence-electron chi connectivity index (χ3n) is 5.81. The number of carbonyl (C=O) groups excluding carboxylic acids is 2. The molecule has 28 heavy (non-hydrogen) atoms. The molecule has 2 aliphatic heterocycles. The SMILES string of the molecule is CCCCNC(=O)C1CCCN(C(=O)C2CCN(c3ccc(Cl)cn3)CC2)C1. The highest BCUT2D eigenvalue weighted by Gasteiger charge is 2.33. The van der Waals surface area contributed by atoms with Gasteiger partial charge in [-0.3, -0.25) is 9.59 Å². The zero-order chi connectivity index (χ0) is 19.9. The summed E-state index contributed by atoms with van der Waals surface area (Å²) in [5.41, 5.74) is 0. The highest BCUT2D eigenvalue weighted by atomic mass is 35.5. The van der Waals surface area contributed by atoms with Crippen LogP contribution in [0.2, 0.25) is 5.02 Å². The number of hydrogen-bond donors (Lipinski definition) is 1. The third-order valence-corrected chi connectivity index (χ3v) is 6.04. The molecule has 0 aliphatic carbocycles. The van der Waals surface area contributed by atoms with Gasteiger partial charge in [-0.1, -0.05) is 24.9 Å². The standard InChI is InChI=1S/C21H31ClN4O2/c1-2-3-10-23-20(27)17-5-4-11-26(15-17)21(28)16-8-12-25(13-9-16)19-7-6-18(22)14-24-19/h6-7,14,16-17H,2-5,8-13,15H2,1H3,(H,23,27). The Labute approximate surface area is 172 Å². The van der Waals surface area contributed by atoms with Crippen LogP contribution in [0.15, 0.2) is 18.3 Å². The molecule has 2 aliphatic rings. The number of amides is 2. The zero-order valence-corrected chi connectivity index (χ0v) is 17.5. The van der Waals surface area contributed by atoms with Crippen molar-refractivity contribution in [2.45, 2.75) is 45.4 Å². The molecule has 7 heteroatoms. The number of likely N-dealkylation sites (tertiary alicyclic amines) is 1. The van der Waals surface area contributed by atoms with Crippen molar-refractivity contribution >= 4 is 29.2 Å². The molecule has 0 bridgehead atoms. The predicted octanol–water partition coefficient (Wildman–Crippen LogP) is 3.11. The Morgan fingerprint density at radius 1 is 1.18 bits per heavy atom. The predicted molar refractivity (Wildman–Crippen MR) is 111 cm³/mol. The summed E-state index contributed by atoms with van der Waals surface area (Å²) in [6.45, 7) is 5.82. The fourth-order valence-corrected chi connectivity index (χ4v) is 4.20. The molecule has 1 aromatic heterocycles. The average molecular weight is 407 g/mol. The van der Waals surface area contributed by atoms with Crippen molar-refractivity contribution in [3.05, 3.63) is 23.4 Å². The molecule has 3 heterocycles. The average Bonchev–Trinajstić information content (AvgIpc) is 2.74. The maximum Gasteiger partial charge on any atom is 0.225 e. The van der Waals surface area contributed by atoms with Crippen LogP contribution in [0.4, 0.5) is 5.82 Å². The van der Waals surface area contributed by atoms with Gasteiger partial charge >= 0.3 is 0 Å². The highest BCUT2D eigenvalue weighted by Crippen LogP contribution is 2.26. The molecule has 2 saturated heterocycles. The largest absolute Gasteiger partial charge is 0.357 e. The van der Waals surface area contributed by atoms with Crippen LogP contribution in [0.1, 0.15) is 45.4 Å². The molecule has 154 valence electrons. The minimum atomic E-state index is -0.0621. The number of nitrogens with one attached hydrogen (secondary N) is 1. The first-order valence-corrected chi connectivity index (χ1v) is 10.9. The number of hydrogen-bond acceptors (Lipinski definition) is 4. The van der Waals surface area contributed by atoms with Gasteiger partial charge in [0.2, 0.25) is 11.8 Å². The lowest BCUT2D eigenvalue weighted by atomic mass is 9.92. The molecule has 6 nitrogen and oxygen atoms in total. The van der Waals surface area contributed by atoms with Gasteiger partial charge in [-0.2, -0.15) is 0 Å². The van der Waals surface area contributed by atoms with Crippen LogP contribution in [-0.2, 0) is 9.59 Å². The fourth-order valence-electron chi connectivity index (χ4n) is 4.09. The Kier molecular flexibility index (Phi) is 7.54. The van der Waals surface area contributed by atoms with Crippen molar-refractivity contribution in [1.29, 1.82) is 0 Å². The van der Waals surface area contributed by atoms with E-state index in [-0.39, 0.29) is 23.7 Å². The molecule has 1 N–H and O–H groups in total.